The number of rotatable bonds is 6. The molecule has 3 aromatic rings. The topological polar surface area (TPSA) is 49.3 Å². The third kappa shape index (κ3) is 4.95. The van der Waals surface area contributed by atoms with Crippen molar-refractivity contribution in [1.82, 2.24) is 14.9 Å². The van der Waals surface area contributed by atoms with Crippen LogP contribution in [0.5, 0.6) is 0 Å². The number of piperazine rings is 1. The van der Waals surface area contributed by atoms with Crippen molar-refractivity contribution >= 4 is 33.3 Å². The van der Waals surface area contributed by atoms with Crippen LogP contribution in [0.2, 0.25) is 0 Å². The van der Waals surface area contributed by atoms with Crippen molar-refractivity contribution in [3.05, 3.63) is 51.7 Å². The van der Waals surface area contributed by atoms with Crippen molar-refractivity contribution in [1.29, 1.82) is 0 Å². The van der Waals surface area contributed by atoms with E-state index in [4.69, 9.17) is 9.97 Å². The van der Waals surface area contributed by atoms with E-state index in [-0.39, 0.29) is 5.91 Å². The average Bonchev–Trinajstić information content (AvgIpc) is 3.24. The van der Waals surface area contributed by atoms with Crippen molar-refractivity contribution in [3.8, 4) is 0 Å². The molecule has 0 spiro atoms. The van der Waals surface area contributed by atoms with Gasteiger partial charge in [0.2, 0.25) is 0 Å². The van der Waals surface area contributed by atoms with Gasteiger partial charge in [0.1, 0.15) is 16.5 Å². The van der Waals surface area contributed by atoms with Gasteiger partial charge < -0.3 is 9.80 Å². The van der Waals surface area contributed by atoms with Crippen LogP contribution >= 0.6 is 11.3 Å². The maximum atomic E-state index is 13.2. The Kier molecular flexibility index (Phi) is 7.10. The number of hydrogen-bond donors (Lipinski definition) is 0. The number of hydrogen-bond acceptors (Lipinski definition) is 5. The number of anilines is 1. The number of fused-ring (bicyclic) bond motifs is 3. The average molecular weight is 491 g/mol. The molecule has 1 atom stereocenters. The van der Waals surface area contributed by atoms with Gasteiger partial charge in [-0.2, -0.15) is 0 Å². The highest BCUT2D eigenvalue weighted by Gasteiger charge is 2.29. The van der Waals surface area contributed by atoms with Gasteiger partial charge in [0.25, 0.3) is 5.91 Å². The van der Waals surface area contributed by atoms with E-state index in [1.54, 1.807) is 0 Å². The number of nitrogens with zero attached hydrogens (tertiary/aromatic N) is 4. The Hall–Kier alpha value is -2.47. The zero-order chi connectivity index (χ0) is 24.5. The molecule has 2 aliphatic rings. The van der Waals surface area contributed by atoms with Crippen molar-refractivity contribution in [2.45, 2.75) is 72.1 Å². The fourth-order valence-electron chi connectivity index (χ4n) is 5.33. The molecule has 0 saturated carbocycles. The number of thiophene rings is 1. The molecule has 1 aliphatic carbocycles. The van der Waals surface area contributed by atoms with E-state index in [9.17, 15) is 4.79 Å². The van der Waals surface area contributed by atoms with E-state index in [1.807, 2.05) is 28.4 Å². The van der Waals surface area contributed by atoms with Gasteiger partial charge in [-0.1, -0.05) is 46.2 Å². The molecule has 0 radical (unpaired) electrons. The molecule has 1 saturated heterocycles. The lowest BCUT2D eigenvalue weighted by molar-refractivity contribution is 0.0746. The minimum Gasteiger partial charge on any atom is -0.352 e. The summed E-state index contributed by atoms with van der Waals surface area (Å²) in [6.45, 7) is 12.0. The van der Waals surface area contributed by atoms with Crippen LogP contribution in [0.15, 0.2) is 24.3 Å². The van der Waals surface area contributed by atoms with Crippen LogP contribution in [0.3, 0.4) is 0 Å². The lowest BCUT2D eigenvalue weighted by atomic mass is 9.89. The summed E-state index contributed by atoms with van der Waals surface area (Å²) in [6.07, 6.45) is 6.99. The van der Waals surface area contributed by atoms with Crippen LogP contribution in [0, 0.1) is 5.92 Å². The minimum atomic E-state index is 0.143. The van der Waals surface area contributed by atoms with E-state index in [0.717, 1.165) is 73.4 Å². The number of aryl methyl sites for hydroxylation is 2. The molecule has 0 unspecified atom stereocenters. The highest BCUT2D eigenvalue weighted by atomic mass is 32.1. The largest absolute Gasteiger partial charge is 0.352 e. The monoisotopic (exact) mass is 490 g/mol. The first kappa shape index (κ1) is 24.2. The van der Waals surface area contributed by atoms with Gasteiger partial charge >= 0.3 is 0 Å². The van der Waals surface area contributed by atoms with E-state index in [2.05, 4.69) is 44.7 Å². The quantitative estimate of drug-likeness (QED) is 0.410. The van der Waals surface area contributed by atoms with Gasteiger partial charge in [-0.05, 0) is 61.3 Å². The van der Waals surface area contributed by atoms with E-state index < -0.39 is 0 Å². The van der Waals surface area contributed by atoms with E-state index in [0.29, 0.717) is 5.92 Å². The Balaban J connectivity index is 1.35. The standard InChI is InChI=1S/C29H38N4OS/c1-5-6-7-21-9-11-22(12-10-21)29(34)33-16-14-32(15-17-33)27-25-23-13-8-20(4)18-24(23)35-28(25)31-26(30-27)19(2)3/h9-12,19-20H,5-8,13-18H2,1-4H3/t20-/m0/s1. The summed E-state index contributed by atoms with van der Waals surface area (Å²) in [5.41, 5.74) is 3.59. The van der Waals surface area contributed by atoms with Crippen LogP contribution in [-0.2, 0) is 19.3 Å². The van der Waals surface area contributed by atoms with Crippen molar-refractivity contribution in [3.63, 3.8) is 0 Å². The number of carbonyl (C=O) groups excluding carboxylic acids is 1. The molecule has 5 nitrogen and oxygen atoms in total. The molecule has 1 amide bonds. The van der Waals surface area contributed by atoms with Gasteiger partial charge in [-0.15, -0.1) is 11.3 Å². The summed E-state index contributed by atoms with van der Waals surface area (Å²) in [6, 6.07) is 8.23. The Bertz CT molecular complexity index is 1190. The van der Waals surface area contributed by atoms with Gasteiger partial charge in [0.15, 0.2) is 0 Å². The zero-order valence-electron chi connectivity index (χ0n) is 21.6. The Morgan fingerprint density at radius 2 is 1.86 bits per heavy atom. The lowest BCUT2D eigenvalue weighted by Crippen LogP contribution is -2.49. The highest BCUT2D eigenvalue weighted by Crippen LogP contribution is 2.41. The predicted octanol–water partition coefficient (Wildman–Crippen LogP) is 6.24. The number of unbranched alkanes of at least 4 members (excludes halogenated alkanes) is 1. The van der Waals surface area contributed by atoms with Crippen molar-refractivity contribution in [2.24, 2.45) is 5.92 Å². The third-order valence-electron chi connectivity index (χ3n) is 7.56. The normalized spacial score (nSPS) is 18.4. The summed E-state index contributed by atoms with van der Waals surface area (Å²) >= 11 is 1.88. The van der Waals surface area contributed by atoms with E-state index in [1.165, 1.54) is 40.7 Å². The Labute approximate surface area is 213 Å². The maximum Gasteiger partial charge on any atom is 0.253 e. The fraction of sp³-hybridized carbons (Fsp3) is 0.552. The molecule has 6 heteroatoms. The second-order valence-electron chi connectivity index (χ2n) is 10.7. The summed E-state index contributed by atoms with van der Waals surface area (Å²) in [7, 11) is 0. The van der Waals surface area contributed by atoms with Gasteiger partial charge in [0, 0.05) is 42.5 Å². The first-order valence-corrected chi connectivity index (χ1v) is 14.2. The summed E-state index contributed by atoms with van der Waals surface area (Å²) in [4.78, 5) is 30.3. The molecule has 1 fully saturated rings. The van der Waals surface area contributed by atoms with Gasteiger partial charge in [0.05, 0.1) is 5.39 Å². The predicted molar refractivity (Wildman–Crippen MR) is 146 cm³/mol. The number of benzene rings is 1. The van der Waals surface area contributed by atoms with Crippen molar-refractivity contribution in [2.75, 3.05) is 31.1 Å². The SMILES string of the molecule is CCCCc1ccc(C(=O)N2CCN(c3nc(C(C)C)nc4sc5c(c34)CC[C@H](C)C5)CC2)cc1. The molecule has 1 aromatic carbocycles. The van der Waals surface area contributed by atoms with E-state index >= 15 is 0 Å². The molecule has 0 bridgehead atoms. The molecule has 0 N–H and O–H groups in total. The summed E-state index contributed by atoms with van der Waals surface area (Å²) in [5.74, 6) is 3.20. The molecule has 186 valence electrons. The highest BCUT2D eigenvalue weighted by molar-refractivity contribution is 7.19. The zero-order valence-corrected chi connectivity index (χ0v) is 22.5. The van der Waals surface area contributed by atoms with Crippen LogP contribution in [0.4, 0.5) is 5.82 Å². The van der Waals surface area contributed by atoms with Crippen LogP contribution in [-0.4, -0.2) is 47.0 Å². The molecular formula is C29H38N4OS. The second kappa shape index (κ2) is 10.3. The van der Waals surface area contributed by atoms with Crippen LogP contribution in [0.25, 0.3) is 10.2 Å². The first-order chi connectivity index (χ1) is 16.9. The number of carbonyl (C=O) groups is 1. The summed E-state index contributed by atoms with van der Waals surface area (Å²) in [5, 5.41) is 1.28. The van der Waals surface area contributed by atoms with Crippen LogP contribution < -0.4 is 4.90 Å². The molecule has 3 heterocycles. The summed E-state index contributed by atoms with van der Waals surface area (Å²) < 4.78 is 0. The van der Waals surface area contributed by atoms with Gasteiger partial charge in [-0.3, -0.25) is 4.79 Å². The first-order valence-electron chi connectivity index (χ1n) is 13.4. The fourth-order valence-corrected chi connectivity index (χ4v) is 6.71. The smallest absolute Gasteiger partial charge is 0.253 e. The minimum absolute atomic E-state index is 0.143. The molecule has 1 aliphatic heterocycles. The molecule has 35 heavy (non-hydrogen) atoms. The Morgan fingerprint density at radius 1 is 1.11 bits per heavy atom. The molecular weight excluding hydrogens is 452 g/mol. The van der Waals surface area contributed by atoms with Crippen molar-refractivity contribution < 1.29 is 4.79 Å². The molecule has 5 rings (SSSR count). The molecule has 2 aromatic heterocycles. The number of amides is 1. The van der Waals surface area contributed by atoms with Gasteiger partial charge in [-0.25, -0.2) is 9.97 Å². The second-order valence-corrected chi connectivity index (χ2v) is 11.8. The van der Waals surface area contributed by atoms with Crippen LogP contribution in [0.1, 0.15) is 85.1 Å². The number of aromatic nitrogens is 2. The maximum absolute atomic E-state index is 13.2. The third-order valence-corrected chi connectivity index (χ3v) is 8.70. The lowest BCUT2D eigenvalue weighted by Gasteiger charge is -2.36. The Morgan fingerprint density at radius 3 is 2.54 bits per heavy atom.